The van der Waals surface area contributed by atoms with E-state index in [2.05, 4.69) is 56.7 Å². The number of nitrogens with one attached hydrogen (secondary N) is 1. The molecule has 0 saturated carbocycles. The topological polar surface area (TPSA) is 80.0 Å². The molecule has 30 heavy (non-hydrogen) atoms. The number of hydrogen-bond acceptors (Lipinski definition) is 4. The lowest BCUT2D eigenvalue weighted by Gasteiger charge is -2.34. The van der Waals surface area contributed by atoms with Crippen LogP contribution in [0.5, 0.6) is 5.75 Å². The van der Waals surface area contributed by atoms with E-state index in [0.29, 0.717) is 16.9 Å². The molecule has 0 spiro atoms. The predicted octanol–water partition coefficient (Wildman–Crippen LogP) is 5.35. The van der Waals surface area contributed by atoms with Gasteiger partial charge in [-0.25, -0.2) is 0 Å². The van der Waals surface area contributed by atoms with E-state index in [9.17, 15) is 9.90 Å². The van der Waals surface area contributed by atoms with Crippen molar-refractivity contribution in [3.8, 4) is 11.4 Å². The van der Waals surface area contributed by atoms with Gasteiger partial charge in [0.1, 0.15) is 22.5 Å². The molecule has 2 aromatic carbocycles. The number of amides is 1. The number of rotatable bonds is 5. The van der Waals surface area contributed by atoms with Crippen molar-refractivity contribution in [2.75, 3.05) is 5.32 Å². The summed E-state index contributed by atoms with van der Waals surface area (Å²) in [5.74, 6) is -0.164. The molecule has 0 fully saturated rings. The molecule has 1 heterocycles. The number of nitrogens with zero attached hydrogens (tertiary/aromatic N) is 3. The molecular weight excluding hydrogens is 376 g/mol. The van der Waals surface area contributed by atoms with Crippen molar-refractivity contribution in [2.45, 2.75) is 53.4 Å². The Morgan fingerprint density at radius 2 is 1.67 bits per heavy atom. The standard InChI is InChI=1S/C24H30N4O2/c1-15(2)22(30)25-16-12-17(24(6,7)14-23(3,4)5)21(29)20(13-16)28-26-18-10-8-9-11-19(18)27-28/h8-13,29H,1,14H2,2-7H3,(H,25,30). The van der Waals surface area contributed by atoms with E-state index in [1.54, 1.807) is 13.0 Å². The van der Waals surface area contributed by atoms with Gasteiger partial charge in [-0.05, 0) is 48.4 Å². The Labute approximate surface area is 177 Å². The van der Waals surface area contributed by atoms with Gasteiger partial charge >= 0.3 is 0 Å². The number of phenolic OH excluding ortho intramolecular Hbond substituents is 1. The minimum atomic E-state index is -0.354. The van der Waals surface area contributed by atoms with Crippen LogP contribution in [0.2, 0.25) is 0 Å². The van der Waals surface area contributed by atoms with Crippen LogP contribution in [-0.2, 0) is 10.2 Å². The van der Waals surface area contributed by atoms with Gasteiger partial charge in [-0.1, -0.05) is 53.3 Å². The van der Waals surface area contributed by atoms with Crippen molar-refractivity contribution in [3.63, 3.8) is 0 Å². The zero-order valence-electron chi connectivity index (χ0n) is 18.6. The minimum Gasteiger partial charge on any atom is -0.505 e. The second-order valence-electron chi connectivity index (χ2n) is 9.73. The van der Waals surface area contributed by atoms with Gasteiger partial charge in [-0.2, -0.15) is 0 Å². The van der Waals surface area contributed by atoms with Crippen LogP contribution >= 0.6 is 0 Å². The zero-order chi connectivity index (χ0) is 22.3. The third-order valence-electron chi connectivity index (χ3n) is 4.94. The smallest absolute Gasteiger partial charge is 0.250 e. The molecule has 6 heteroatoms. The maximum atomic E-state index is 12.3. The molecule has 3 aromatic rings. The van der Waals surface area contributed by atoms with E-state index in [1.807, 2.05) is 30.3 Å². The molecular formula is C24H30N4O2. The number of phenols is 1. The van der Waals surface area contributed by atoms with Gasteiger partial charge < -0.3 is 10.4 Å². The van der Waals surface area contributed by atoms with Gasteiger partial charge in [0.2, 0.25) is 0 Å². The highest BCUT2D eigenvalue weighted by Gasteiger charge is 2.31. The third kappa shape index (κ3) is 4.53. The van der Waals surface area contributed by atoms with Crippen LogP contribution in [0.25, 0.3) is 16.7 Å². The predicted molar refractivity (Wildman–Crippen MR) is 121 cm³/mol. The Kier molecular flexibility index (Phi) is 5.46. The number of benzene rings is 2. The molecule has 0 aliphatic heterocycles. The Morgan fingerprint density at radius 1 is 1.10 bits per heavy atom. The molecule has 2 N–H and O–H groups in total. The van der Waals surface area contributed by atoms with Gasteiger partial charge in [0, 0.05) is 16.8 Å². The fraction of sp³-hybridized carbons (Fsp3) is 0.375. The number of aromatic hydroxyl groups is 1. The highest BCUT2D eigenvalue weighted by molar-refractivity contribution is 6.03. The van der Waals surface area contributed by atoms with E-state index in [-0.39, 0.29) is 22.5 Å². The first-order valence-electron chi connectivity index (χ1n) is 10.0. The first kappa shape index (κ1) is 21.6. The molecule has 0 unspecified atom stereocenters. The number of carbonyl (C=O) groups excluding carboxylic acids is 1. The lowest BCUT2D eigenvalue weighted by atomic mass is 9.72. The van der Waals surface area contributed by atoms with Crippen LogP contribution in [0.3, 0.4) is 0 Å². The quantitative estimate of drug-likeness (QED) is 0.442. The van der Waals surface area contributed by atoms with Crippen molar-refractivity contribution < 1.29 is 9.90 Å². The highest BCUT2D eigenvalue weighted by atomic mass is 16.3. The molecule has 3 rings (SSSR count). The molecule has 0 aliphatic carbocycles. The molecule has 1 amide bonds. The molecule has 1 aromatic heterocycles. The van der Waals surface area contributed by atoms with Gasteiger partial charge in [0.25, 0.3) is 5.91 Å². The van der Waals surface area contributed by atoms with Gasteiger partial charge in [0.05, 0.1) is 0 Å². The Hall–Kier alpha value is -3.15. The van der Waals surface area contributed by atoms with Crippen molar-refractivity contribution in [1.82, 2.24) is 15.0 Å². The summed E-state index contributed by atoms with van der Waals surface area (Å²) >= 11 is 0. The Balaban J connectivity index is 2.20. The number of aromatic nitrogens is 3. The van der Waals surface area contributed by atoms with Crippen LogP contribution in [0.15, 0.2) is 48.6 Å². The molecule has 0 bridgehead atoms. The third-order valence-corrected chi connectivity index (χ3v) is 4.94. The van der Waals surface area contributed by atoms with Crippen LogP contribution < -0.4 is 5.32 Å². The van der Waals surface area contributed by atoms with Crippen molar-refractivity contribution >= 4 is 22.6 Å². The average molecular weight is 407 g/mol. The second-order valence-corrected chi connectivity index (χ2v) is 9.73. The van der Waals surface area contributed by atoms with E-state index < -0.39 is 0 Å². The summed E-state index contributed by atoms with van der Waals surface area (Å²) in [4.78, 5) is 13.7. The Bertz CT molecular complexity index is 1090. The molecule has 0 radical (unpaired) electrons. The first-order valence-corrected chi connectivity index (χ1v) is 10.0. The number of hydrogen-bond donors (Lipinski definition) is 2. The van der Waals surface area contributed by atoms with Crippen LogP contribution in [0, 0.1) is 5.41 Å². The summed E-state index contributed by atoms with van der Waals surface area (Å²) in [6.45, 7) is 16.0. The molecule has 0 saturated heterocycles. The van der Waals surface area contributed by atoms with Crippen molar-refractivity contribution in [1.29, 1.82) is 0 Å². The Morgan fingerprint density at radius 3 is 2.17 bits per heavy atom. The van der Waals surface area contributed by atoms with E-state index >= 15 is 0 Å². The summed E-state index contributed by atoms with van der Waals surface area (Å²) in [6, 6.07) is 11.0. The monoisotopic (exact) mass is 406 g/mol. The number of carbonyl (C=O) groups is 1. The van der Waals surface area contributed by atoms with Gasteiger partial charge in [-0.3, -0.25) is 4.79 Å². The lowest BCUT2D eigenvalue weighted by Crippen LogP contribution is -2.25. The summed E-state index contributed by atoms with van der Waals surface area (Å²) < 4.78 is 0. The SMILES string of the molecule is C=C(C)C(=O)Nc1cc(-n2nc3ccccc3n2)c(O)c(C(C)(C)CC(C)(C)C)c1. The number of fused-ring (bicyclic) bond motifs is 1. The summed E-state index contributed by atoms with van der Waals surface area (Å²) in [7, 11) is 0. The fourth-order valence-corrected chi connectivity index (χ4v) is 3.99. The average Bonchev–Trinajstić information content (AvgIpc) is 3.04. The zero-order valence-corrected chi connectivity index (χ0v) is 18.6. The van der Waals surface area contributed by atoms with E-state index in [1.165, 1.54) is 4.80 Å². The lowest BCUT2D eigenvalue weighted by molar-refractivity contribution is -0.112. The normalized spacial score (nSPS) is 12.2. The van der Waals surface area contributed by atoms with Gasteiger partial charge in [-0.15, -0.1) is 15.0 Å². The van der Waals surface area contributed by atoms with Crippen molar-refractivity contribution in [3.05, 3.63) is 54.1 Å². The summed E-state index contributed by atoms with van der Waals surface area (Å²) in [5.41, 5.74) is 3.26. The maximum Gasteiger partial charge on any atom is 0.250 e. The number of anilines is 1. The fourth-order valence-electron chi connectivity index (χ4n) is 3.99. The highest BCUT2D eigenvalue weighted by Crippen LogP contribution is 2.43. The van der Waals surface area contributed by atoms with Gasteiger partial charge in [0.15, 0.2) is 0 Å². The first-order chi connectivity index (χ1) is 13.9. The second kappa shape index (κ2) is 7.59. The molecule has 158 valence electrons. The van der Waals surface area contributed by atoms with E-state index in [4.69, 9.17) is 0 Å². The largest absolute Gasteiger partial charge is 0.505 e. The molecule has 0 atom stereocenters. The van der Waals surface area contributed by atoms with Crippen molar-refractivity contribution in [2.24, 2.45) is 5.41 Å². The van der Waals surface area contributed by atoms with Crippen LogP contribution in [0.1, 0.15) is 53.5 Å². The summed E-state index contributed by atoms with van der Waals surface area (Å²) in [6.07, 6.45) is 0.833. The van der Waals surface area contributed by atoms with Crippen LogP contribution in [-0.4, -0.2) is 26.0 Å². The maximum absolute atomic E-state index is 12.3. The minimum absolute atomic E-state index is 0.0473. The summed E-state index contributed by atoms with van der Waals surface area (Å²) in [5, 5.41) is 23.1. The van der Waals surface area contributed by atoms with E-state index in [0.717, 1.165) is 23.0 Å². The van der Waals surface area contributed by atoms with Crippen LogP contribution in [0.4, 0.5) is 5.69 Å². The molecule has 6 nitrogen and oxygen atoms in total. The molecule has 0 aliphatic rings.